The van der Waals surface area contributed by atoms with Gasteiger partial charge in [-0.2, -0.15) is 0 Å². The van der Waals surface area contributed by atoms with E-state index in [1.165, 1.54) is 22.7 Å². The van der Waals surface area contributed by atoms with Crippen molar-refractivity contribution in [2.45, 2.75) is 33.7 Å². The maximum absolute atomic E-state index is 13.3. The van der Waals surface area contributed by atoms with Crippen LogP contribution in [0.5, 0.6) is 0 Å². The molecule has 0 spiro atoms. The highest BCUT2D eigenvalue weighted by molar-refractivity contribution is 7.14. The smallest absolute Gasteiger partial charge is 0.290 e. The maximum Gasteiger partial charge on any atom is 0.290 e. The number of nitrogens with zero attached hydrogens (tertiary/aromatic N) is 3. The third kappa shape index (κ3) is 3.76. The molecule has 2 aromatic heterocycles. The highest BCUT2D eigenvalue weighted by atomic mass is 32.1. The number of aliphatic hydroxyl groups excluding tert-OH is 1. The van der Waals surface area contributed by atoms with Crippen LogP contribution in [0.15, 0.2) is 28.8 Å². The van der Waals surface area contributed by atoms with Gasteiger partial charge in [0.15, 0.2) is 5.76 Å². The lowest BCUT2D eigenvalue weighted by atomic mass is 10.0. The fourth-order valence-electron chi connectivity index (χ4n) is 3.51. The van der Waals surface area contributed by atoms with Crippen molar-refractivity contribution >= 4 is 34.4 Å². The van der Waals surface area contributed by atoms with Crippen LogP contribution < -0.4 is 0 Å². The second kappa shape index (κ2) is 8.55. The molecule has 0 aliphatic carbocycles. The van der Waals surface area contributed by atoms with Crippen molar-refractivity contribution in [3.05, 3.63) is 49.3 Å². The normalized spacial score (nSPS) is 17.2. The van der Waals surface area contributed by atoms with Gasteiger partial charge in [0.2, 0.25) is 5.78 Å². The number of rotatable bonds is 8. The number of carbonyl (C=O) groups is 2. The summed E-state index contributed by atoms with van der Waals surface area (Å²) in [4.78, 5) is 35.7. The number of ketones is 1. The Hall–Kier alpha value is -2.03. The summed E-state index contributed by atoms with van der Waals surface area (Å²) in [7, 11) is 0. The highest BCUT2D eigenvalue weighted by Gasteiger charge is 2.44. The Kier molecular flexibility index (Phi) is 6.32. The van der Waals surface area contributed by atoms with E-state index in [0.717, 1.165) is 23.0 Å². The van der Waals surface area contributed by atoms with Gasteiger partial charge in [-0.25, -0.2) is 4.98 Å². The fraction of sp³-hybridized carbons (Fsp3) is 0.450. The Bertz CT molecular complexity index is 898. The molecule has 1 unspecified atom stereocenters. The largest absolute Gasteiger partial charge is 0.503 e. The fourth-order valence-corrected chi connectivity index (χ4v) is 5.23. The Morgan fingerprint density at radius 1 is 1.32 bits per heavy atom. The Balaban J connectivity index is 1.99. The zero-order valence-electron chi connectivity index (χ0n) is 16.6. The first kappa shape index (κ1) is 20.7. The topological polar surface area (TPSA) is 73.7 Å². The first-order chi connectivity index (χ1) is 13.4. The number of thiazole rings is 1. The lowest BCUT2D eigenvalue weighted by molar-refractivity contribution is -0.129. The van der Waals surface area contributed by atoms with Crippen LogP contribution in [0, 0.1) is 13.8 Å². The van der Waals surface area contributed by atoms with E-state index in [1.807, 2.05) is 24.4 Å². The predicted octanol–water partition coefficient (Wildman–Crippen LogP) is 3.74. The van der Waals surface area contributed by atoms with Gasteiger partial charge in [0.25, 0.3) is 5.91 Å². The lowest BCUT2D eigenvalue weighted by Gasteiger charge is -2.28. The molecule has 0 saturated carbocycles. The summed E-state index contributed by atoms with van der Waals surface area (Å²) >= 11 is 2.78. The van der Waals surface area contributed by atoms with E-state index >= 15 is 0 Å². The molecule has 0 bridgehead atoms. The van der Waals surface area contributed by atoms with Crippen molar-refractivity contribution in [1.82, 2.24) is 14.8 Å². The second-order valence-corrected chi connectivity index (χ2v) is 8.86. The summed E-state index contributed by atoms with van der Waals surface area (Å²) in [5.74, 6) is -1.22. The van der Waals surface area contributed by atoms with Crippen molar-refractivity contribution in [3.63, 3.8) is 0 Å². The number of hydrogen-bond acceptors (Lipinski definition) is 7. The van der Waals surface area contributed by atoms with Crippen LogP contribution in [0.1, 0.15) is 45.1 Å². The van der Waals surface area contributed by atoms with E-state index in [2.05, 4.69) is 23.7 Å². The minimum absolute atomic E-state index is 0.166. The number of aromatic nitrogens is 1. The molecular weight excluding hydrogens is 394 g/mol. The van der Waals surface area contributed by atoms with Crippen molar-refractivity contribution in [2.75, 3.05) is 26.2 Å². The second-order valence-electron chi connectivity index (χ2n) is 6.68. The van der Waals surface area contributed by atoms with Gasteiger partial charge in [-0.05, 0) is 38.4 Å². The van der Waals surface area contributed by atoms with Crippen LogP contribution in [-0.2, 0) is 4.79 Å². The van der Waals surface area contributed by atoms with Crippen LogP contribution in [0.4, 0.5) is 0 Å². The average molecular weight is 420 g/mol. The predicted molar refractivity (Wildman–Crippen MR) is 112 cm³/mol. The average Bonchev–Trinajstić information content (AvgIpc) is 3.36. The molecule has 6 nitrogen and oxygen atoms in total. The summed E-state index contributed by atoms with van der Waals surface area (Å²) in [6.45, 7) is 10.7. The van der Waals surface area contributed by atoms with Gasteiger partial charge in [-0.3, -0.25) is 9.59 Å². The van der Waals surface area contributed by atoms with Crippen molar-refractivity contribution in [1.29, 1.82) is 0 Å². The molecule has 1 N–H and O–H groups in total. The van der Waals surface area contributed by atoms with Gasteiger partial charge in [-0.1, -0.05) is 19.9 Å². The lowest BCUT2D eigenvalue weighted by Crippen LogP contribution is -2.38. The van der Waals surface area contributed by atoms with Gasteiger partial charge in [0.1, 0.15) is 0 Å². The minimum atomic E-state index is -0.558. The first-order valence-corrected chi connectivity index (χ1v) is 11.1. The summed E-state index contributed by atoms with van der Waals surface area (Å²) in [5, 5.41) is 13.4. The monoisotopic (exact) mass is 419 g/mol. The van der Waals surface area contributed by atoms with Gasteiger partial charge in [0.05, 0.1) is 27.2 Å². The molecule has 3 heterocycles. The number of carbonyl (C=O) groups excluding carboxylic acids is 2. The third-order valence-electron chi connectivity index (χ3n) is 5.02. The van der Waals surface area contributed by atoms with Gasteiger partial charge >= 0.3 is 0 Å². The molecule has 3 rings (SSSR count). The van der Waals surface area contributed by atoms with E-state index in [4.69, 9.17) is 0 Å². The molecule has 1 aliphatic rings. The van der Waals surface area contributed by atoms with Gasteiger partial charge in [0, 0.05) is 18.0 Å². The number of hydrogen-bond donors (Lipinski definition) is 1. The number of thiophene rings is 1. The van der Waals surface area contributed by atoms with Crippen molar-refractivity contribution < 1.29 is 14.7 Å². The zero-order valence-corrected chi connectivity index (χ0v) is 18.2. The van der Waals surface area contributed by atoms with E-state index in [-0.39, 0.29) is 11.4 Å². The van der Waals surface area contributed by atoms with Crippen molar-refractivity contribution in [2.24, 2.45) is 0 Å². The number of aryl methyl sites for hydroxylation is 2. The number of aliphatic hydroxyl groups is 1. The molecule has 8 heteroatoms. The van der Waals surface area contributed by atoms with Crippen LogP contribution in [0.25, 0.3) is 0 Å². The van der Waals surface area contributed by atoms with Gasteiger partial charge in [-0.15, -0.1) is 22.7 Å². The Morgan fingerprint density at radius 3 is 2.57 bits per heavy atom. The number of Topliss-reactive ketones (excluding diaryl/α,β-unsaturated/α-hetero) is 1. The van der Waals surface area contributed by atoms with E-state index in [9.17, 15) is 14.7 Å². The standard InChI is InChI=1S/C20H25N3O3S2/c1-5-22(6-2)9-10-23-16(14-8-7-11-27-14)15(18(25)20(23)26)17(24)19-12(3)21-13(4)28-19/h7-8,11,16,25H,5-6,9-10H2,1-4H3. The molecule has 1 aliphatic heterocycles. The minimum Gasteiger partial charge on any atom is -0.503 e. The van der Waals surface area contributed by atoms with Crippen LogP contribution >= 0.6 is 22.7 Å². The molecular formula is C20H25N3O3S2. The molecule has 2 aromatic rings. The van der Waals surface area contributed by atoms with E-state index < -0.39 is 17.7 Å². The molecule has 150 valence electrons. The number of amides is 1. The number of likely N-dealkylation sites (N-methyl/N-ethyl adjacent to an activating group) is 1. The van der Waals surface area contributed by atoms with Crippen LogP contribution in [-0.4, -0.2) is 57.8 Å². The maximum atomic E-state index is 13.3. The zero-order chi connectivity index (χ0) is 20.4. The Labute approximate surface area is 173 Å². The quantitative estimate of drug-likeness (QED) is 0.660. The van der Waals surface area contributed by atoms with Gasteiger partial charge < -0.3 is 14.9 Å². The van der Waals surface area contributed by atoms with E-state index in [1.54, 1.807) is 11.8 Å². The summed E-state index contributed by atoms with van der Waals surface area (Å²) in [6, 6.07) is 3.24. The molecule has 0 aromatic carbocycles. The molecule has 28 heavy (non-hydrogen) atoms. The SMILES string of the molecule is CCN(CC)CCN1C(=O)C(O)=C(C(=O)c2sc(C)nc2C)C1c1cccs1. The first-order valence-electron chi connectivity index (χ1n) is 9.37. The molecule has 0 radical (unpaired) electrons. The molecule has 1 amide bonds. The summed E-state index contributed by atoms with van der Waals surface area (Å²) < 4.78 is 0. The molecule has 0 fully saturated rings. The molecule has 1 atom stereocenters. The summed E-state index contributed by atoms with van der Waals surface area (Å²) in [5.41, 5.74) is 0.797. The highest BCUT2D eigenvalue weighted by Crippen LogP contribution is 2.41. The van der Waals surface area contributed by atoms with Crippen LogP contribution in [0.2, 0.25) is 0 Å². The third-order valence-corrected chi connectivity index (χ3v) is 7.02. The van der Waals surface area contributed by atoms with Crippen molar-refractivity contribution in [3.8, 4) is 0 Å². The van der Waals surface area contributed by atoms with E-state index in [0.29, 0.717) is 23.7 Å². The molecule has 0 saturated heterocycles. The van der Waals surface area contributed by atoms with Crippen LogP contribution in [0.3, 0.4) is 0 Å². The summed E-state index contributed by atoms with van der Waals surface area (Å²) in [6.07, 6.45) is 0. The Morgan fingerprint density at radius 2 is 2.04 bits per heavy atom.